The van der Waals surface area contributed by atoms with E-state index in [1.54, 1.807) is 21.3 Å². The van der Waals surface area contributed by atoms with Crippen molar-refractivity contribution in [3.05, 3.63) is 18.2 Å². The van der Waals surface area contributed by atoms with E-state index in [0.717, 1.165) is 24.7 Å². The normalized spacial score (nSPS) is 18.0. The smallest absolute Gasteiger partial charge is 0.195 e. The lowest BCUT2D eigenvalue weighted by Gasteiger charge is -2.37. The van der Waals surface area contributed by atoms with Crippen LogP contribution in [0, 0.1) is 5.92 Å². The highest BCUT2D eigenvalue weighted by Crippen LogP contribution is 2.29. The number of hydrogen-bond acceptors (Lipinski definition) is 4. The van der Waals surface area contributed by atoms with Gasteiger partial charge in [-0.15, -0.1) is 24.0 Å². The van der Waals surface area contributed by atoms with Crippen molar-refractivity contribution in [2.75, 3.05) is 46.2 Å². The van der Waals surface area contributed by atoms with Gasteiger partial charge in [0.15, 0.2) is 17.5 Å². The predicted octanol–water partition coefficient (Wildman–Crippen LogP) is 3.82. The second-order valence-electron chi connectivity index (χ2n) is 7.19. The topological polar surface area (TPSA) is 58.1 Å². The summed E-state index contributed by atoms with van der Waals surface area (Å²) in [5.74, 6) is 2.88. The van der Waals surface area contributed by atoms with Crippen LogP contribution in [-0.2, 0) is 0 Å². The summed E-state index contributed by atoms with van der Waals surface area (Å²) in [4.78, 5) is 6.97. The minimum Gasteiger partial charge on any atom is -0.493 e. The number of rotatable bonds is 7. The van der Waals surface area contributed by atoms with E-state index in [1.165, 1.54) is 25.8 Å². The van der Waals surface area contributed by atoms with E-state index in [0.29, 0.717) is 23.5 Å². The molecule has 1 aromatic carbocycles. The molecule has 1 aliphatic rings. The number of nitrogens with one attached hydrogen (secondary N) is 2. The van der Waals surface area contributed by atoms with Crippen LogP contribution < -0.4 is 20.1 Å². The van der Waals surface area contributed by atoms with Gasteiger partial charge < -0.3 is 20.1 Å². The molecule has 1 heterocycles. The van der Waals surface area contributed by atoms with Crippen LogP contribution in [0.25, 0.3) is 0 Å². The van der Waals surface area contributed by atoms with Gasteiger partial charge in [0, 0.05) is 37.9 Å². The summed E-state index contributed by atoms with van der Waals surface area (Å²) < 4.78 is 10.7. The second-order valence-corrected chi connectivity index (χ2v) is 7.19. The van der Waals surface area contributed by atoms with Crippen molar-refractivity contribution < 1.29 is 9.47 Å². The van der Waals surface area contributed by atoms with E-state index in [2.05, 4.69) is 34.4 Å². The Morgan fingerprint density at radius 3 is 2.59 bits per heavy atom. The van der Waals surface area contributed by atoms with Gasteiger partial charge in [0.05, 0.1) is 14.2 Å². The summed E-state index contributed by atoms with van der Waals surface area (Å²) in [6, 6.07) is 6.33. The van der Waals surface area contributed by atoms with Crippen LogP contribution in [0.2, 0.25) is 0 Å². The molecule has 1 atom stereocenters. The number of aliphatic imine (C=N–C) groups is 1. The first-order valence-corrected chi connectivity index (χ1v) is 9.51. The fourth-order valence-corrected chi connectivity index (χ4v) is 3.44. The van der Waals surface area contributed by atoms with Crippen LogP contribution >= 0.6 is 24.0 Å². The van der Waals surface area contributed by atoms with Gasteiger partial charge in [-0.3, -0.25) is 9.89 Å². The number of benzene rings is 1. The maximum absolute atomic E-state index is 5.37. The van der Waals surface area contributed by atoms with E-state index in [-0.39, 0.29) is 24.0 Å². The molecule has 154 valence electrons. The third-order valence-corrected chi connectivity index (χ3v) is 4.72. The van der Waals surface area contributed by atoms with Gasteiger partial charge in [-0.2, -0.15) is 0 Å². The zero-order valence-electron chi connectivity index (χ0n) is 17.2. The molecule has 27 heavy (non-hydrogen) atoms. The minimum atomic E-state index is 0. The van der Waals surface area contributed by atoms with Crippen molar-refractivity contribution in [3.8, 4) is 11.5 Å². The fourth-order valence-electron chi connectivity index (χ4n) is 3.44. The molecule has 0 spiro atoms. The molecule has 1 aliphatic heterocycles. The largest absolute Gasteiger partial charge is 0.493 e. The van der Waals surface area contributed by atoms with Crippen LogP contribution in [0.5, 0.6) is 11.5 Å². The first kappa shape index (κ1) is 23.8. The molecule has 0 aromatic heterocycles. The summed E-state index contributed by atoms with van der Waals surface area (Å²) in [5, 5.41) is 6.82. The maximum Gasteiger partial charge on any atom is 0.195 e. The van der Waals surface area contributed by atoms with Gasteiger partial charge in [-0.05, 0) is 37.4 Å². The Bertz CT molecular complexity index is 595. The molecule has 0 radical (unpaired) electrons. The van der Waals surface area contributed by atoms with Crippen molar-refractivity contribution in [1.82, 2.24) is 10.2 Å². The Kier molecular flexibility index (Phi) is 10.8. The monoisotopic (exact) mass is 490 g/mol. The molecule has 0 saturated carbocycles. The number of hydrogen-bond donors (Lipinski definition) is 2. The molecule has 0 bridgehead atoms. The number of piperidine rings is 1. The quantitative estimate of drug-likeness (QED) is 0.346. The average molecular weight is 490 g/mol. The lowest BCUT2D eigenvalue weighted by molar-refractivity contribution is 0.133. The van der Waals surface area contributed by atoms with Crippen LogP contribution in [-0.4, -0.2) is 57.8 Å². The number of methoxy groups -OCH3 is 2. The van der Waals surface area contributed by atoms with Crippen molar-refractivity contribution in [2.24, 2.45) is 10.9 Å². The zero-order valence-corrected chi connectivity index (χ0v) is 19.6. The van der Waals surface area contributed by atoms with Crippen molar-refractivity contribution in [1.29, 1.82) is 0 Å². The lowest BCUT2D eigenvalue weighted by atomic mass is 10.0. The minimum absolute atomic E-state index is 0. The summed E-state index contributed by atoms with van der Waals surface area (Å²) in [6.45, 7) is 7.84. The summed E-state index contributed by atoms with van der Waals surface area (Å²) >= 11 is 0. The van der Waals surface area contributed by atoms with E-state index in [9.17, 15) is 0 Å². The molecular formula is C20H35IN4O2. The Morgan fingerprint density at radius 1 is 1.22 bits per heavy atom. The van der Waals surface area contributed by atoms with Gasteiger partial charge in [-0.25, -0.2) is 0 Å². The van der Waals surface area contributed by atoms with Gasteiger partial charge in [0.2, 0.25) is 0 Å². The highest BCUT2D eigenvalue weighted by Gasteiger charge is 2.23. The SMILES string of the molecule is CN=C(NCC1CCCCN1CC(C)C)Nc1ccc(OC)c(OC)c1.I. The maximum atomic E-state index is 5.37. The number of halogens is 1. The van der Waals surface area contributed by atoms with Crippen molar-refractivity contribution in [3.63, 3.8) is 0 Å². The average Bonchev–Trinajstić information content (AvgIpc) is 2.65. The molecule has 0 aliphatic carbocycles. The third-order valence-electron chi connectivity index (χ3n) is 4.72. The Balaban J connectivity index is 0.00000364. The van der Waals surface area contributed by atoms with E-state index in [4.69, 9.17) is 9.47 Å². The highest BCUT2D eigenvalue weighted by atomic mass is 127. The fraction of sp³-hybridized carbons (Fsp3) is 0.650. The summed E-state index contributed by atoms with van der Waals surface area (Å²) in [7, 11) is 5.07. The van der Waals surface area contributed by atoms with Crippen LogP contribution in [0.3, 0.4) is 0 Å². The number of anilines is 1. The van der Waals surface area contributed by atoms with Gasteiger partial charge in [0.25, 0.3) is 0 Å². The predicted molar refractivity (Wildman–Crippen MR) is 124 cm³/mol. The Hall–Kier alpha value is -1.22. The summed E-state index contributed by atoms with van der Waals surface area (Å²) in [5.41, 5.74) is 0.915. The number of likely N-dealkylation sites (tertiary alicyclic amines) is 1. The molecule has 1 fully saturated rings. The molecule has 0 amide bonds. The van der Waals surface area contributed by atoms with E-state index >= 15 is 0 Å². The van der Waals surface area contributed by atoms with E-state index < -0.39 is 0 Å². The lowest BCUT2D eigenvalue weighted by Crippen LogP contribution is -2.48. The molecular weight excluding hydrogens is 455 g/mol. The number of guanidine groups is 1. The summed E-state index contributed by atoms with van der Waals surface area (Å²) in [6.07, 6.45) is 3.86. The van der Waals surface area contributed by atoms with Gasteiger partial charge in [-0.1, -0.05) is 20.3 Å². The number of ether oxygens (including phenoxy) is 2. The third kappa shape index (κ3) is 7.37. The molecule has 6 nitrogen and oxygen atoms in total. The first-order valence-electron chi connectivity index (χ1n) is 9.51. The highest BCUT2D eigenvalue weighted by molar-refractivity contribution is 14.0. The van der Waals surface area contributed by atoms with Crippen LogP contribution in [0.15, 0.2) is 23.2 Å². The Morgan fingerprint density at radius 2 is 1.96 bits per heavy atom. The zero-order chi connectivity index (χ0) is 18.9. The van der Waals surface area contributed by atoms with Crippen molar-refractivity contribution in [2.45, 2.75) is 39.2 Å². The molecule has 7 heteroatoms. The van der Waals surface area contributed by atoms with Gasteiger partial charge >= 0.3 is 0 Å². The van der Waals surface area contributed by atoms with E-state index in [1.807, 2.05) is 18.2 Å². The van der Waals surface area contributed by atoms with Crippen LogP contribution in [0.4, 0.5) is 5.69 Å². The van der Waals surface area contributed by atoms with Crippen LogP contribution in [0.1, 0.15) is 33.1 Å². The molecule has 2 rings (SSSR count). The molecule has 1 saturated heterocycles. The van der Waals surface area contributed by atoms with Gasteiger partial charge in [0.1, 0.15) is 0 Å². The molecule has 2 N–H and O–H groups in total. The number of nitrogens with zero attached hydrogens (tertiary/aromatic N) is 2. The Labute approximate surface area is 181 Å². The second kappa shape index (κ2) is 12.3. The molecule has 1 unspecified atom stereocenters. The van der Waals surface area contributed by atoms with Crippen molar-refractivity contribution >= 4 is 35.6 Å². The standard InChI is InChI=1S/C20H34N4O2.HI/c1-15(2)14-24-11-7-6-8-17(24)13-22-20(21-3)23-16-9-10-18(25-4)19(12-16)26-5;/h9-10,12,15,17H,6-8,11,13-14H2,1-5H3,(H2,21,22,23);1H. The molecule has 1 aromatic rings. The first-order chi connectivity index (χ1) is 12.6.